The number of aromatic nitrogens is 2. The van der Waals surface area contributed by atoms with Crippen LogP contribution in [0.15, 0.2) is 52.9 Å². The molecule has 30 heavy (non-hydrogen) atoms. The number of anilines is 1. The molecule has 0 bridgehead atoms. The summed E-state index contributed by atoms with van der Waals surface area (Å²) in [6.45, 7) is 5.84. The Kier molecular flexibility index (Phi) is 8.82. The largest absolute Gasteiger partial charge is 0.462 e. The van der Waals surface area contributed by atoms with Crippen LogP contribution in [-0.2, 0) is 20.7 Å². The third-order valence-corrected chi connectivity index (χ3v) is 4.45. The zero-order chi connectivity index (χ0) is 21.9. The highest BCUT2D eigenvalue weighted by Gasteiger charge is 2.10. The van der Waals surface area contributed by atoms with Crippen LogP contribution in [0, 0.1) is 0 Å². The number of carbonyl (C=O) groups excluding carboxylic acids is 3. The fourth-order valence-electron chi connectivity index (χ4n) is 2.29. The molecule has 0 atom stereocenters. The first kappa shape index (κ1) is 22.9. The van der Waals surface area contributed by atoms with Crippen molar-refractivity contribution in [1.29, 1.82) is 0 Å². The van der Waals surface area contributed by atoms with E-state index in [4.69, 9.17) is 4.74 Å². The number of amides is 2. The number of H-pyrrole nitrogens is 1. The van der Waals surface area contributed by atoms with Gasteiger partial charge in [-0.05, 0) is 31.2 Å². The molecule has 1 aromatic heterocycles. The van der Waals surface area contributed by atoms with Crippen molar-refractivity contribution < 1.29 is 19.1 Å². The Hall–Kier alpha value is -3.40. The van der Waals surface area contributed by atoms with Gasteiger partial charge in [-0.15, -0.1) is 6.58 Å². The molecule has 0 saturated carbocycles. The Morgan fingerprint density at radius 3 is 2.63 bits per heavy atom. The van der Waals surface area contributed by atoms with Crippen molar-refractivity contribution in [2.24, 2.45) is 0 Å². The number of hydrogen-bond donors (Lipinski definition) is 3. The number of nitrogens with one attached hydrogen (secondary N) is 3. The van der Waals surface area contributed by atoms with Gasteiger partial charge in [0.15, 0.2) is 5.16 Å². The number of rotatable bonds is 10. The molecule has 10 heteroatoms. The molecule has 0 aliphatic heterocycles. The average molecular weight is 430 g/mol. The van der Waals surface area contributed by atoms with E-state index in [1.54, 1.807) is 37.3 Å². The summed E-state index contributed by atoms with van der Waals surface area (Å²) >= 11 is 1.03. The van der Waals surface area contributed by atoms with Gasteiger partial charge in [-0.1, -0.05) is 17.8 Å². The van der Waals surface area contributed by atoms with Crippen molar-refractivity contribution >= 4 is 35.2 Å². The Morgan fingerprint density at radius 2 is 1.97 bits per heavy atom. The van der Waals surface area contributed by atoms with Crippen molar-refractivity contribution in [2.75, 3.05) is 24.2 Å². The highest BCUT2D eigenvalue weighted by molar-refractivity contribution is 7.99. The van der Waals surface area contributed by atoms with Crippen LogP contribution in [0.5, 0.6) is 0 Å². The highest BCUT2D eigenvalue weighted by Crippen LogP contribution is 2.14. The Labute approximate surface area is 177 Å². The van der Waals surface area contributed by atoms with E-state index in [9.17, 15) is 19.2 Å². The van der Waals surface area contributed by atoms with Gasteiger partial charge in [-0.25, -0.2) is 9.78 Å². The van der Waals surface area contributed by atoms with Crippen LogP contribution in [0.25, 0.3) is 0 Å². The van der Waals surface area contributed by atoms with Gasteiger partial charge in [0.25, 0.3) is 5.56 Å². The van der Waals surface area contributed by atoms with Gasteiger partial charge in [0, 0.05) is 18.3 Å². The van der Waals surface area contributed by atoms with E-state index >= 15 is 0 Å². The maximum absolute atomic E-state index is 12.2. The predicted octanol–water partition coefficient (Wildman–Crippen LogP) is 1.52. The van der Waals surface area contributed by atoms with E-state index in [1.165, 1.54) is 6.07 Å². The lowest BCUT2D eigenvalue weighted by Gasteiger charge is -2.07. The molecule has 2 aromatic rings. The summed E-state index contributed by atoms with van der Waals surface area (Å²) in [5, 5.41) is 5.53. The van der Waals surface area contributed by atoms with Gasteiger partial charge in [-0.3, -0.25) is 14.4 Å². The summed E-state index contributed by atoms with van der Waals surface area (Å²) < 4.78 is 4.90. The van der Waals surface area contributed by atoms with E-state index in [2.05, 4.69) is 27.2 Å². The number of aromatic amines is 1. The lowest BCUT2D eigenvalue weighted by molar-refractivity contribution is -0.120. The second-order valence-corrected chi connectivity index (χ2v) is 6.91. The fraction of sp³-hybridized carbons (Fsp3) is 0.250. The molecule has 2 amide bonds. The SMILES string of the molecule is C=CCNC(=O)Cc1cc(=O)[nH]c(SCC(=O)Nc2ccc(C(=O)OCC)cc2)n1. The maximum Gasteiger partial charge on any atom is 0.338 e. The molecule has 1 heterocycles. The number of benzene rings is 1. The van der Waals surface area contributed by atoms with Crippen molar-refractivity contribution in [1.82, 2.24) is 15.3 Å². The molecule has 0 aliphatic carbocycles. The fourth-order valence-corrected chi connectivity index (χ4v) is 2.98. The molecular formula is C20H22N4O5S. The smallest absolute Gasteiger partial charge is 0.338 e. The van der Waals surface area contributed by atoms with Gasteiger partial charge in [0.05, 0.1) is 30.0 Å². The van der Waals surface area contributed by atoms with Crippen LogP contribution in [0.1, 0.15) is 23.0 Å². The average Bonchev–Trinajstić information content (AvgIpc) is 2.71. The molecular weight excluding hydrogens is 408 g/mol. The molecule has 0 aliphatic rings. The van der Waals surface area contributed by atoms with Gasteiger partial charge < -0.3 is 20.4 Å². The van der Waals surface area contributed by atoms with Crippen LogP contribution in [-0.4, -0.2) is 46.7 Å². The molecule has 9 nitrogen and oxygen atoms in total. The predicted molar refractivity (Wildman–Crippen MR) is 114 cm³/mol. The molecule has 0 saturated heterocycles. The third kappa shape index (κ3) is 7.55. The Morgan fingerprint density at radius 1 is 1.23 bits per heavy atom. The van der Waals surface area contributed by atoms with Crippen molar-refractivity contribution in [3.05, 3.63) is 64.6 Å². The van der Waals surface area contributed by atoms with E-state index in [-0.39, 0.29) is 35.8 Å². The number of esters is 1. The Bertz CT molecular complexity index is 972. The first-order valence-electron chi connectivity index (χ1n) is 9.09. The van der Waals surface area contributed by atoms with E-state index in [0.29, 0.717) is 23.5 Å². The summed E-state index contributed by atoms with van der Waals surface area (Å²) in [5.74, 6) is -1.04. The summed E-state index contributed by atoms with van der Waals surface area (Å²) in [6.07, 6.45) is 1.50. The summed E-state index contributed by atoms with van der Waals surface area (Å²) in [5.41, 5.74) is 0.800. The van der Waals surface area contributed by atoms with Crippen molar-refractivity contribution in [3.63, 3.8) is 0 Å². The normalized spacial score (nSPS) is 10.2. The zero-order valence-corrected chi connectivity index (χ0v) is 17.2. The minimum Gasteiger partial charge on any atom is -0.462 e. The number of nitrogens with zero attached hydrogens (tertiary/aromatic N) is 1. The quantitative estimate of drug-likeness (QED) is 0.225. The van der Waals surface area contributed by atoms with Gasteiger partial charge >= 0.3 is 5.97 Å². The third-order valence-electron chi connectivity index (χ3n) is 3.58. The maximum atomic E-state index is 12.2. The lowest BCUT2D eigenvalue weighted by atomic mass is 10.2. The first-order valence-corrected chi connectivity index (χ1v) is 10.1. The minimum absolute atomic E-state index is 0.00528. The minimum atomic E-state index is -0.431. The van der Waals surface area contributed by atoms with Crippen molar-refractivity contribution in [2.45, 2.75) is 18.5 Å². The van der Waals surface area contributed by atoms with Crippen LogP contribution in [0.3, 0.4) is 0 Å². The number of ether oxygens (including phenoxy) is 1. The van der Waals surface area contributed by atoms with Crippen LogP contribution >= 0.6 is 11.8 Å². The second-order valence-electron chi connectivity index (χ2n) is 5.95. The number of hydrogen-bond acceptors (Lipinski definition) is 7. The molecule has 0 spiro atoms. The monoisotopic (exact) mass is 430 g/mol. The molecule has 0 radical (unpaired) electrons. The highest BCUT2D eigenvalue weighted by atomic mass is 32.2. The van der Waals surface area contributed by atoms with Crippen molar-refractivity contribution in [3.8, 4) is 0 Å². The summed E-state index contributed by atoms with van der Waals surface area (Å²) in [6, 6.07) is 7.54. The summed E-state index contributed by atoms with van der Waals surface area (Å²) in [4.78, 5) is 54.1. The molecule has 2 rings (SSSR count). The number of thioether (sulfide) groups is 1. The summed E-state index contributed by atoms with van der Waals surface area (Å²) in [7, 11) is 0. The van der Waals surface area contributed by atoms with Gasteiger partial charge in [0.2, 0.25) is 11.8 Å². The second kappa shape index (κ2) is 11.6. The van der Waals surface area contributed by atoms with E-state index < -0.39 is 11.5 Å². The topological polar surface area (TPSA) is 130 Å². The van der Waals surface area contributed by atoms with Gasteiger partial charge in [-0.2, -0.15) is 0 Å². The molecule has 0 fully saturated rings. The van der Waals surface area contributed by atoms with E-state index in [0.717, 1.165) is 11.8 Å². The lowest BCUT2D eigenvalue weighted by Crippen LogP contribution is -2.26. The van der Waals surface area contributed by atoms with E-state index in [1.807, 2.05) is 0 Å². The van der Waals surface area contributed by atoms with Crippen LogP contribution in [0.2, 0.25) is 0 Å². The van der Waals surface area contributed by atoms with Crippen LogP contribution in [0.4, 0.5) is 5.69 Å². The zero-order valence-electron chi connectivity index (χ0n) is 16.4. The Balaban J connectivity index is 1.91. The van der Waals surface area contributed by atoms with Crippen LogP contribution < -0.4 is 16.2 Å². The molecule has 1 aromatic carbocycles. The van der Waals surface area contributed by atoms with Gasteiger partial charge in [0.1, 0.15) is 0 Å². The molecule has 158 valence electrons. The first-order chi connectivity index (χ1) is 14.4. The standard InChI is InChI=1S/C20H22N4O5S/c1-3-9-21-16(25)10-15-11-17(26)24-20(23-15)30-12-18(27)22-14-7-5-13(6-8-14)19(28)29-4-2/h3,5-8,11H,1,4,9-10,12H2,2H3,(H,21,25)(H,22,27)(H,23,24,26). The number of carbonyl (C=O) groups is 3. The molecule has 3 N–H and O–H groups in total. The molecule has 0 unspecified atom stereocenters.